The summed E-state index contributed by atoms with van der Waals surface area (Å²) < 4.78 is 0. The molecule has 0 aromatic heterocycles. The summed E-state index contributed by atoms with van der Waals surface area (Å²) in [5, 5.41) is 4.21. The van der Waals surface area contributed by atoms with Crippen LogP contribution in [0.25, 0.3) is 0 Å². The van der Waals surface area contributed by atoms with Crippen molar-refractivity contribution in [2.24, 2.45) is 10.9 Å². The Morgan fingerprint density at radius 1 is 1.19 bits per heavy atom. The molecule has 1 fully saturated rings. The number of likely N-dealkylation sites (N-methyl/N-ethyl adjacent to an activating group) is 1. The number of hydrogen-bond donors (Lipinski definition) is 1. The molecule has 0 radical (unpaired) electrons. The van der Waals surface area contributed by atoms with Crippen molar-refractivity contribution in [3.8, 4) is 0 Å². The predicted octanol–water partition coefficient (Wildman–Crippen LogP) is 3.01. The Balaban J connectivity index is 1.87. The van der Waals surface area contributed by atoms with Crippen molar-refractivity contribution in [2.45, 2.75) is 27.3 Å². The van der Waals surface area contributed by atoms with Crippen molar-refractivity contribution in [1.82, 2.24) is 20.0 Å². The van der Waals surface area contributed by atoms with E-state index in [-0.39, 0.29) is 0 Å². The minimum absolute atomic E-state index is 0.542. The van der Waals surface area contributed by atoms with Crippen LogP contribution in [-0.2, 0) is 6.54 Å². The molecule has 0 bridgehead atoms. The van der Waals surface area contributed by atoms with Crippen LogP contribution in [-0.4, -0.2) is 80.1 Å². The molecule has 1 aliphatic heterocycles. The number of rotatable bonds is 8. The monoisotopic (exact) mass is 393 g/mol. The number of aliphatic imine (C=N–C) groups is 1. The minimum Gasteiger partial charge on any atom is -0.357 e. The van der Waals surface area contributed by atoms with Gasteiger partial charge in [0, 0.05) is 64.4 Å². The zero-order chi connectivity index (χ0) is 19.6. The van der Waals surface area contributed by atoms with Crippen molar-refractivity contribution in [2.75, 3.05) is 59.4 Å². The quantitative estimate of drug-likeness (QED) is 0.543. The van der Waals surface area contributed by atoms with Crippen LogP contribution in [0.4, 0.5) is 0 Å². The predicted molar refractivity (Wildman–Crippen MR) is 117 cm³/mol. The zero-order valence-electron chi connectivity index (χ0n) is 17.4. The van der Waals surface area contributed by atoms with E-state index in [1.807, 2.05) is 18.2 Å². The molecule has 0 amide bonds. The van der Waals surface area contributed by atoms with Crippen molar-refractivity contribution in [3.05, 3.63) is 34.9 Å². The van der Waals surface area contributed by atoms with E-state index in [1.165, 1.54) is 26.2 Å². The molecule has 0 spiro atoms. The molecule has 0 saturated carbocycles. The maximum atomic E-state index is 6.31. The Kier molecular flexibility index (Phi) is 9.39. The number of nitrogens with one attached hydrogen (secondary N) is 1. The van der Waals surface area contributed by atoms with E-state index in [9.17, 15) is 0 Å². The smallest absolute Gasteiger partial charge is 0.193 e. The number of guanidine groups is 1. The topological polar surface area (TPSA) is 34.1 Å². The maximum Gasteiger partial charge on any atom is 0.193 e. The SMILES string of the molecule is CCNC(=NCC(C)CN1CCN(CC)CC1)N(C)Cc1ccccc1Cl. The van der Waals surface area contributed by atoms with Crippen LogP contribution < -0.4 is 5.32 Å². The van der Waals surface area contributed by atoms with Crippen LogP contribution in [0.5, 0.6) is 0 Å². The van der Waals surface area contributed by atoms with Gasteiger partial charge in [0.1, 0.15) is 0 Å². The lowest BCUT2D eigenvalue weighted by molar-refractivity contribution is 0.125. The van der Waals surface area contributed by atoms with Gasteiger partial charge in [-0.1, -0.05) is 43.6 Å². The molecule has 6 heteroatoms. The first-order valence-corrected chi connectivity index (χ1v) is 10.6. The summed E-state index contributed by atoms with van der Waals surface area (Å²) in [4.78, 5) is 12.1. The first kappa shape index (κ1) is 22.0. The van der Waals surface area contributed by atoms with Gasteiger partial charge in [-0.25, -0.2) is 0 Å². The average molecular weight is 394 g/mol. The van der Waals surface area contributed by atoms with Crippen LogP contribution in [0.3, 0.4) is 0 Å². The standard InChI is InChI=1S/C21H36ClN5/c1-5-23-21(25(4)17-19-9-7-8-10-20(19)22)24-15-18(3)16-27-13-11-26(6-2)12-14-27/h7-10,18H,5-6,11-17H2,1-4H3,(H,23,24). The molecular weight excluding hydrogens is 358 g/mol. The molecule has 1 unspecified atom stereocenters. The van der Waals surface area contributed by atoms with Gasteiger partial charge in [-0.2, -0.15) is 0 Å². The fraction of sp³-hybridized carbons (Fsp3) is 0.667. The van der Waals surface area contributed by atoms with Gasteiger partial charge in [-0.3, -0.25) is 4.99 Å². The molecule has 1 aromatic rings. The summed E-state index contributed by atoms with van der Waals surface area (Å²) in [5.74, 6) is 1.49. The third-order valence-electron chi connectivity index (χ3n) is 5.10. The summed E-state index contributed by atoms with van der Waals surface area (Å²) in [5.41, 5.74) is 1.12. The highest BCUT2D eigenvalue weighted by Crippen LogP contribution is 2.16. The normalized spacial score (nSPS) is 17.7. The molecule has 1 aliphatic rings. The van der Waals surface area contributed by atoms with Crippen LogP contribution >= 0.6 is 11.6 Å². The van der Waals surface area contributed by atoms with Gasteiger partial charge in [0.05, 0.1) is 0 Å². The van der Waals surface area contributed by atoms with Gasteiger partial charge in [0.25, 0.3) is 0 Å². The van der Waals surface area contributed by atoms with Gasteiger partial charge in [0.15, 0.2) is 5.96 Å². The number of hydrogen-bond acceptors (Lipinski definition) is 3. The molecule has 5 nitrogen and oxygen atoms in total. The molecule has 152 valence electrons. The first-order valence-electron chi connectivity index (χ1n) is 10.2. The lowest BCUT2D eigenvalue weighted by Gasteiger charge is -2.35. The summed E-state index contributed by atoms with van der Waals surface area (Å²) >= 11 is 6.31. The third-order valence-corrected chi connectivity index (χ3v) is 5.47. The van der Waals surface area contributed by atoms with Crippen molar-refractivity contribution in [1.29, 1.82) is 0 Å². The van der Waals surface area contributed by atoms with Gasteiger partial charge in [0.2, 0.25) is 0 Å². The van der Waals surface area contributed by atoms with E-state index >= 15 is 0 Å². The fourth-order valence-corrected chi connectivity index (χ4v) is 3.65. The number of nitrogens with zero attached hydrogens (tertiary/aromatic N) is 4. The van der Waals surface area contributed by atoms with E-state index < -0.39 is 0 Å². The van der Waals surface area contributed by atoms with E-state index in [0.29, 0.717) is 5.92 Å². The Bertz CT molecular complexity index is 584. The van der Waals surface area contributed by atoms with Crippen molar-refractivity contribution in [3.63, 3.8) is 0 Å². The lowest BCUT2D eigenvalue weighted by Crippen LogP contribution is -2.47. The summed E-state index contributed by atoms with van der Waals surface area (Å²) in [7, 11) is 2.07. The molecule has 2 rings (SSSR count). The van der Waals surface area contributed by atoms with Crippen LogP contribution in [0, 0.1) is 5.92 Å². The van der Waals surface area contributed by atoms with Crippen molar-refractivity contribution < 1.29 is 0 Å². The highest BCUT2D eigenvalue weighted by molar-refractivity contribution is 6.31. The van der Waals surface area contributed by atoms with Gasteiger partial charge < -0.3 is 20.0 Å². The summed E-state index contributed by atoms with van der Waals surface area (Å²) in [6, 6.07) is 8.00. The van der Waals surface area contributed by atoms with Gasteiger partial charge >= 0.3 is 0 Å². The molecule has 1 aromatic carbocycles. The third kappa shape index (κ3) is 7.32. The second-order valence-corrected chi connectivity index (χ2v) is 7.89. The molecule has 1 heterocycles. The number of benzene rings is 1. The Labute approximate surface area is 170 Å². The lowest BCUT2D eigenvalue weighted by atomic mass is 10.1. The number of halogens is 1. The van der Waals surface area contributed by atoms with Crippen LogP contribution in [0.15, 0.2) is 29.3 Å². The van der Waals surface area contributed by atoms with Gasteiger partial charge in [-0.15, -0.1) is 0 Å². The molecule has 27 heavy (non-hydrogen) atoms. The minimum atomic E-state index is 0.542. The van der Waals surface area contributed by atoms with E-state index in [0.717, 1.165) is 49.3 Å². The van der Waals surface area contributed by atoms with E-state index in [4.69, 9.17) is 16.6 Å². The Morgan fingerprint density at radius 3 is 2.48 bits per heavy atom. The van der Waals surface area contributed by atoms with Gasteiger partial charge in [-0.05, 0) is 31.0 Å². The highest BCUT2D eigenvalue weighted by Gasteiger charge is 2.17. The largest absolute Gasteiger partial charge is 0.357 e. The average Bonchev–Trinajstić information content (AvgIpc) is 2.67. The second-order valence-electron chi connectivity index (χ2n) is 7.48. The Morgan fingerprint density at radius 2 is 1.85 bits per heavy atom. The van der Waals surface area contributed by atoms with E-state index in [1.54, 1.807) is 0 Å². The summed E-state index contributed by atoms with van der Waals surface area (Å²) in [6.45, 7) is 16.1. The molecule has 0 aliphatic carbocycles. The second kappa shape index (κ2) is 11.5. The van der Waals surface area contributed by atoms with E-state index in [2.05, 4.69) is 53.9 Å². The first-order chi connectivity index (χ1) is 13.0. The fourth-order valence-electron chi connectivity index (χ4n) is 3.46. The molecule has 1 saturated heterocycles. The van der Waals surface area contributed by atoms with Crippen LogP contribution in [0.1, 0.15) is 26.3 Å². The van der Waals surface area contributed by atoms with Crippen LogP contribution in [0.2, 0.25) is 5.02 Å². The van der Waals surface area contributed by atoms with Crippen molar-refractivity contribution >= 4 is 17.6 Å². The molecule has 1 atom stereocenters. The molecular formula is C21H36ClN5. The summed E-state index contributed by atoms with van der Waals surface area (Å²) in [6.07, 6.45) is 0. The Hall–Kier alpha value is -1.30. The molecule has 1 N–H and O–H groups in total. The number of piperazine rings is 1. The highest BCUT2D eigenvalue weighted by atomic mass is 35.5. The zero-order valence-corrected chi connectivity index (χ0v) is 18.2. The maximum absolute atomic E-state index is 6.31.